The maximum absolute atomic E-state index is 12.3. The maximum Gasteiger partial charge on any atom is 0.456 e. The average Bonchev–Trinajstić information content (AvgIpc) is 2.01. The van der Waals surface area contributed by atoms with Gasteiger partial charge in [-0.2, -0.15) is 13.2 Å². The van der Waals surface area contributed by atoms with Gasteiger partial charge in [0.2, 0.25) is 0 Å². The molecule has 1 aromatic rings. The summed E-state index contributed by atoms with van der Waals surface area (Å²) in [6, 6.07) is 4.82. The van der Waals surface area contributed by atoms with E-state index in [1.807, 2.05) is 0 Å². The molecule has 1 aromatic carbocycles. The second kappa shape index (κ2) is 4.02. The van der Waals surface area contributed by atoms with Crippen LogP contribution in [0.1, 0.15) is 11.1 Å². The Morgan fingerprint density at radius 2 is 1.71 bits per heavy atom. The highest BCUT2D eigenvalue weighted by Crippen LogP contribution is 2.31. The molecule has 0 aliphatic carbocycles. The fourth-order valence-corrected chi connectivity index (χ4v) is 1.17. The van der Waals surface area contributed by atoms with Crippen molar-refractivity contribution >= 4 is 7.12 Å². The van der Waals surface area contributed by atoms with E-state index in [1.54, 1.807) is 0 Å². The minimum atomic E-state index is -4.45. The van der Waals surface area contributed by atoms with Gasteiger partial charge in [-0.15, -0.1) is 0 Å². The fraction of sp³-hybridized carbons (Fsp3) is 0.250. The normalized spacial score (nSPS) is 11.5. The molecule has 0 saturated heterocycles. The molecule has 0 radical (unpaired) electrons. The Morgan fingerprint density at radius 3 is 2.21 bits per heavy atom. The first-order valence-corrected chi connectivity index (χ1v) is 3.92. The molecule has 0 unspecified atom stereocenters. The van der Waals surface area contributed by atoms with E-state index >= 15 is 0 Å². The minimum absolute atomic E-state index is 0.116. The van der Waals surface area contributed by atoms with E-state index in [0.29, 0.717) is 0 Å². The molecular formula is C8H8BF3O2. The largest absolute Gasteiger partial charge is 0.456 e. The van der Waals surface area contributed by atoms with E-state index in [4.69, 9.17) is 10.0 Å². The minimum Gasteiger partial charge on any atom is -0.427 e. The molecule has 0 aliphatic rings. The summed E-state index contributed by atoms with van der Waals surface area (Å²) >= 11 is 0. The first-order valence-electron chi connectivity index (χ1n) is 3.92. The van der Waals surface area contributed by atoms with E-state index in [9.17, 15) is 13.2 Å². The molecule has 2 N–H and O–H groups in total. The molecule has 76 valence electrons. The van der Waals surface area contributed by atoms with Crippen molar-refractivity contribution in [1.82, 2.24) is 0 Å². The molecule has 0 atom stereocenters. The topological polar surface area (TPSA) is 40.5 Å². The first kappa shape index (κ1) is 11.1. The van der Waals surface area contributed by atoms with Crippen molar-refractivity contribution in [3.05, 3.63) is 35.4 Å². The van der Waals surface area contributed by atoms with Crippen molar-refractivity contribution in [3.63, 3.8) is 0 Å². The Morgan fingerprint density at radius 1 is 1.14 bits per heavy atom. The lowest BCUT2D eigenvalue weighted by Gasteiger charge is -2.11. The van der Waals surface area contributed by atoms with Crippen molar-refractivity contribution in [2.45, 2.75) is 12.5 Å². The number of alkyl halides is 3. The summed E-state index contributed by atoms with van der Waals surface area (Å²) in [6.45, 7) is 0. The van der Waals surface area contributed by atoms with Gasteiger partial charge in [-0.25, -0.2) is 0 Å². The number of hydrogen-bond acceptors (Lipinski definition) is 2. The summed E-state index contributed by atoms with van der Waals surface area (Å²) in [4.78, 5) is 0. The molecule has 0 amide bonds. The molecule has 2 nitrogen and oxygen atoms in total. The lowest BCUT2D eigenvalue weighted by atomic mass is 9.80. The highest BCUT2D eigenvalue weighted by molar-refractivity contribution is 6.40. The van der Waals surface area contributed by atoms with Crippen molar-refractivity contribution in [2.24, 2.45) is 0 Å². The van der Waals surface area contributed by atoms with Crippen molar-refractivity contribution in [2.75, 3.05) is 0 Å². The Balaban J connectivity index is 3.04. The fourth-order valence-electron chi connectivity index (χ4n) is 1.17. The second-order valence-corrected chi connectivity index (χ2v) is 2.84. The number of hydrogen-bond donors (Lipinski definition) is 2. The molecule has 0 saturated carbocycles. The number of halogens is 3. The highest BCUT2D eigenvalue weighted by atomic mass is 19.4. The Hall–Kier alpha value is -1.01. The van der Waals surface area contributed by atoms with E-state index < -0.39 is 25.2 Å². The maximum atomic E-state index is 12.3. The Bertz CT molecular complexity index is 312. The molecule has 1 rings (SSSR count). The molecule has 0 aliphatic heterocycles. The zero-order chi connectivity index (χ0) is 10.8. The Kier molecular flexibility index (Phi) is 3.18. The first-order chi connectivity index (χ1) is 6.41. The van der Waals surface area contributed by atoms with E-state index in [-0.39, 0.29) is 5.56 Å². The zero-order valence-electron chi connectivity index (χ0n) is 7.12. The number of benzene rings is 1. The van der Waals surface area contributed by atoms with Crippen LogP contribution in [0.3, 0.4) is 0 Å². The van der Waals surface area contributed by atoms with Crippen LogP contribution < -0.4 is 0 Å². The lowest BCUT2D eigenvalue weighted by Crippen LogP contribution is -2.19. The summed E-state index contributed by atoms with van der Waals surface area (Å²) in [5.74, 6) is 0. The molecule has 14 heavy (non-hydrogen) atoms. The zero-order valence-corrected chi connectivity index (χ0v) is 7.12. The van der Waals surface area contributed by atoms with Gasteiger partial charge < -0.3 is 10.0 Å². The van der Waals surface area contributed by atoms with Gasteiger partial charge in [0.15, 0.2) is 0 Å². The van der Waals surface area contributed by atoms with E-state index in [2.05, 4.69) is 0 Å². The summed E-state index contributed by atoms with van der Waals surface area (Å²) in [5.41, 5.74) is -0.942. The number of rotatable bonds is 2. The summed E-state index contributed by atoms with van der Waals surface area (Å²) in [7, 11) is -1.77. The van der Waals surface area contributed by atoms with Gasteiger partial charge in [-0.05, 0) is 11.6 Å². The molecule has 0 heterocycles. The van der Waals surface area contributed by atoms with Gasteiger partial charge in [0.05, 0.1) is 5.56 Å². The second-order valence-electron chi connectivity index (χ2n) is 2.84. The van der Waals surface area contributed by atoms with Crippen molar-refractivity contribution in [1.29, 1.82) is 0 Å². The quantitative estimate of drug-likeness (QED) is 0.711. The third-order valence-corrected chi connectivity index (χ3v) is 1.73. The Labute approximate surface area is 79.1 Å². The smallest absolute Gasteiger partial charge is 0.427 e. The van der Waals surface area contributed by atoms with Gasteiger partial charge in [-0.3, -0.25) is 0 Å². The van der Waals surface area contributed by atoms with Crippen LogP contribution in [0.25, 0.3) is 0 Å². The van der Waals surface area contributed by atoms with Crippen LogP contribution >= 0.6 is 0 Å². The molecule has 0 fully saturated rings. The van der Waals surface area contributed by atoms with Crippen LogP contribution in [0, 0.1) is 0 Å². The summed E-state index contributed by atoms with van der Waals surface area (Å²) < 4.78 is 37.0. The van der Waals surface area contributed by atoms with Gasteiger partial charge >= 0.3 is 13.3 Å². The third kappa shape index (κ3) is 2.75. The van der Waals surface area contributed by atoms with Crippen molar-refractivity contribution < 1.29 is 23.2 Å². The highest BCUT2D eigenvalue weighted by Gasteiger charge is 2.33. The van der Waals surface area contributed by atoms with Crippen LogP contribution in [-0.4, -0.2) is 17.2 Å². The molecule has 0 aromatic heterocycles. The molecular weight excluding hydrogens is 196 g/mol. The molecule has 0 spiro atoms. The van der Waals surface area contributed by atoms with E-state index in [1.165, 1.54) is 18.2 Å². The van der Waals surface area contributed by atoms with Crippen LogP contribution in [0.4, 0.5) is 13.2 Å². The van der Waals surface area contributed by atoms with Crippen LogP contribution in [-0.2, 0) is 12.5 Å². The van der Waals surface area contributed by atoms with Crippen LogP contribution in [0.15, 0.2) is 24.3 Å². The summed E-state index contributed by atoms with van der Waals surface area (Å²) in [6.07, 6.45) is -4.87. The standard InChI is InChI=1S/C8H8BF3O2/c10-8(11,12)7-4-2-1-3-6(7)5-9(13)14/h1-4,13-14H,5H2. The van der Waals surface area contributed by atoms with Gasteiger partial charge in [-0.1, -0.05) is 18.2 Å². The van der Waals surface area contributed by atoms with Gasteiger partial charge in [0.25, 0.3) is 0 Å². The monoisotopic (exact) mass is 204 g/mol. The summed E-state index contributed by atoms with van der Waals surface area (Å²) in [5, 5.41) is 17.2. The van der Waals surface area contributed by atoms with Gasteiger partial charge in [0.1, 0.15) is 0 Å². The predicted octanol–water partition coefficient (Wildman–Crippen LogP) is 1.26. The van der Waals surface area contributed by atoms with E-state index in [0.717, 1.165) is 6.07 Å². The lowest BCUT2D eigenvalue weighted by molar-refractivity contribution is -0.138. The molecule has 6 heteroatoms. The van der Waals surface area contributed by atoms with Crippen LogP contribution in [0.2, 0.25) is 0 Å². The van der Waals surface area contributed by atoms with Crippen molar-refractivity contribution in [3.8, 4) is 0 Å². The average molecular weight is 204 g/mol. The van der Waals surface area contributed by atoms with Gasteiger partial charge in [0, 0.05) is 6.32 Å². The predicted molar refractivity (Wildman–Crippen MR) is 45.3 cm³/mol. The SMILES string of the molecule is OB(O)Cc1ccccc1C(F)(F)F. The third-order valence-electron chi connectivity index (χ3n) is 1.73. The van der Waals surface area contributed by atoms with Crippen LogP contribution in [0.5, 0.6) is 0 Å². The molecule has 0 bridgehead atoms.